The number of hydrogen-bond acceptors (Lipinski definition) is 4. The van der Waals surface area contributed by atoms with Gasteiger partial charge < -0.3 is 5.11 Å². The number of nitrogens with one attached hydrogen (secondary N) is 1. The Hall–Kier alpha value is -3.91. The van der Waals surface area contributed by atoms with Crippen molar-refractivity contribution < 1.29 is 19.1 Å². The third-order valence-corrected chi connectivity index (χ3v) is 5.77. The third-order valence-electron chi connectivity index (χ3n) is 5.45. The van der Waals surface area contributed by atoms with Crippen LogP contribution in [0.2, 0.25) is 0 Å². The summed E-state index contributed by atoms with van der Waals surface area (Å²) in [5.41, 5.74) is 6.80. The highest BCUT2D eigenvalue weighted by Gasteiger charge is 2.40. The number of hydrazone groups is 1. The first-order valence-electron chi connectivity index (χ1n) is 10.1. The second kappa shape index (κ2) is 8.91. The Balaban J connectivity index is 1.62. The molecule has 8 heteroatoms. The van der Waals surface area contributed by atoms with Gasteiger partial charge in [0.15, 0.2) is 0 Å². The van der Waals surface area contributed by atoms with Gasteiger partial charge in [-0.1, -0.05) is 42.0 Å². The van der Waals surface area contributed by atoms with Crippen LogP contribution < -0.4 is 10.3 Å². The van der Waals surface area contributed by atoms with Crippen LogP contribution in [0.15, 0.2) is 71.8 Å². The zero-order chi connectivity index (χ0) is 23.7. The molecular weight excluding hydrogens is 441 g/mol. The topological polar surface area (TPSA) is 82.0 Å². The van der Waals surface area contributed by atoms with Gasteiger partial charge in [-0.15, -0.1) is 0 Å². The summed E-state index contributed by atoms with van der Waals surface area (Å²) >= 11 is 5.34. The maximum absolute atomic E-state index is 14.1. The van der Waals surface area contributed by atoms with E-state index in [9.17, 15) is 14.0 Å². The van der Waals surface area contributed by atoms with Crippen molar-refractivity contribution in [3.8, 4) is 0 Å². The first kappa shape index (κ1) is 22.3. The number of carboxylic acids is 1. The largest absolute Gasteiger partial charge is 0.478 e. The van der Waals surface area contributed by atoms with Gasteiger partial charge in [0.25, 0.3) is 0 Å². The van der Waals surface area contributed by atoms with E-state index in [0.717, 1.165) is 5.56 Å². The summed E-state index contributed by atoms with van der Waals surface area (Å²) in [7, 11) is 0. The quantitative estimate of drug-likeness (QED) is 0.320. The molecule has 3 aromatic carbocycles. The van der Waals surface area contributed by atoms with Crippen LogP contribution in [0.3, 0.4) is 0 Å². The van der Waals surface area contributed by atoms with Gasteiger partial charge in [0.2, 0.25) is 5.91 Å². The first-order valence-corrected chi connectivity index (χ1v) is 10.5. The average Bonchev–Trinajstić information content (AvgIpc) is 3.08. The molecule has 6 nitrogen and oxygen atoms in total. The number of carbonyl (C=O) groups is 2. The zero-order valence-corrected chi connectivity index (χ0v) is 18.7. The summed E-state index contributed by atoms with van der Waals surface area (Å²) in [5.74, 6) is -2.48. The summed E-state index contributed by atoms with van der Waals surface area (Å²) in [6.45, 7) is 3.64. The van der Waals surface area contributed by atoms with Crippen molar-refractivity contribution in [3.05, 3.63) is 94.8 Å². The molecule has 1 atom stereocenters. The van der Waals surface area contributed by atoms with E-state index in [-0.39, 0.29) is 16.5 Å². The van der Waals surface area contributed by atoms with E-state index in [1.165, 1.54) is 24.3 Å². The SMILES string of the molecule is C/C(=N\NC(=S)c1ccc(C(=O)O)cc1)C1C(=O)N(c2ccc(C)cc2)c2ccc(F)cc21. The van der Waals surface area contributed by atoms with E-state index >= 15 is 0 Å². The maximum atomic E-state index is 14.1. The van der Waals surface area contributed by atoms with Crippen molar-refractivity contribution in [1.82, 2.24) is 5.43 Å². The van der Waals surface area contributed by atoms with Crippen LogP contribution in [0, 0.1) is 12.7 Å². The van der Waals surface area contributed by atoms with Crippen molar-refractivity contribution in [2.24, 2.45) is 5.10 Å². The number of nitrogens with zero attached hydrogens (tertiary/aromatic N) is 2. The number of benzene rings is 3. The molecule has 1 heterocycles. The van der Waals surface area contributed by atoms with Gasteiger partial charge in [-0.25, -0.2) is 9.18 Å². The van der Waals surface area contributed by atoms with Crippen molar-refractivity contribution in [3.63, 3.8) is 0 Å². The van der Waals surface area contributed by atoms with Crippen LogP contribution in [-0.2, 0) is 4.79 Å². The summed E-state index contributed by atoms with van der Waals surface area (Å²) in [5, 5.41) is 13.3. The number of aryl methyl sites for hydroxylation is 1. The van der Waals surface area contributed by atoms with Gasteiger partial charge in [0, 0.05) is 11.3 Å². The Kier molecular flexibility index (Phi) is 6.02. The molecule has 0 aromatic heterocycles. The summed E-state index contributed by atoms with van der Waals surface area (Å²) < 4.78 is 14.1. The predicted octanol–water partition coefficient (Wildman–Crippen LogP) is 4.94. The summed E-state index contributed by atoms with van der Waals surface area (Å²) in [6.07, 6.45) is 0. The van der Waals surface area contributed by atoms with Crippen molar-refractivity contribution in [2.45, 2.75) is 19.8 Å². The predicted molar refractivity (Wildman–Crippen MR) is 129 cm³/mol. The Labute approximate surface area is 195 Å². The fourth-order valence-electron chi connectivity index (χ4n) is 3.74. The van der Waals surface area contributed by atoms with Gasteiger partial charge in [-0.2, -0.15) is 5.10 Å². The Morgan fingerprint density at radius 1 is 1.06 bits per heavy atom. The molecule has 33 heavy (non-hydrogen) atoms. The van der Waals surface area contributed by atoms with Crippen molar-refractivity contribution in [1.29, 1.82) is 0 Å². The second-order valence-electron chi connectivity index (χ2n) is 7.72. The molecular formula is C25H20FN3O3S. The molecule has 0 saturated heterocycles. The summed E-state index contributed by atoms with van der Waals surface area (Å²) in [4.78, 5) is 26.3. The molecule has 1 aliphatic heterocycles. The highest BCUT2D eigenvalue weighted by molar-refractivity contribution is 7.80. The molecule has 0 saturated carbocycles. The number of hydrogen-bond donors (Lipinski definition) is 2. The van der Waals surface area contributed by atoms with E-state index in [0.29, 0.717) is 28.2 Å². The fraction of sp³-hybridized carbons (Fsp3) is 0.120. The van der Waals surface area contributed by atoms with Crippen LogP contribution in [0.5, 0.6) is 0 Å². The van der Waals surface area contributed by atoms with Crippen LogP contribution >= 0.6 is 12.2 Å². The first-order chi connectivity index (χ1) is 15.8. The lowest BCUT2D eigenvalue weighted by molar-refractivity contribution is -0.117. The van der Waals surface area contributed by atoms with Crippen LogP contribution in [0.4, 0.5) is 15.8 Å². The van der Waals surface area contributed by atoms with Crippen LogP contribution in [0.1, 0.15) is 39.9 Å². The standard InChI is InChI=1S/C25H20FN3O3S/c1-14-3-10-19(11-4-14)29-21-12-9-18(26)13-20(21)22(24(29)30)15(2)27-28-23(33)16-5-7-17(8-6-16)25(31)32/h3-13,22H,1-2H3,(H,28,33)(H,31,32)/b27-15+. The Morgan fingerprint density at radius 3 is 2.33 bits per heavy atom. The smallest absolute Gasteiger partial charge is 0.335 e. The highest BCUT2D eigenvalue weighted by Crippen LogP contribution is 2.42. The average molecular weight is 462 g/mol. The Bertz CT molecular complexity index is 1290. The number of rotatable bonds is 5. The number of aromatic carboxylic acids is 1. The van der Waals surface area contributed by atoms with Gasteiger partial charge in [-0.3, -0.25) is 15.1 Å². The molecule has 0 bridgehead atoms. The lowest BCUT2D eigenvalue weighted by Crippen LogP contribution is -2.28. The number of thiocarbonyl (C=S) groups is 1. The fourth-order valence-corrected chi connectivity index (χ4v) is 3.92. The number of carbonyl (C=O) groups excluding carboxylic acids is 1. The highest BCUT2D eigenvalue weighted by atomic mass is 32.1. The van der Waals surface area contributed by atoms with Crippen LogP contribution in [0.25, 0.3) is 0 Å². The second-order valence-corrected chi connectivity index (χ2v) is 8.13. The van der Waals surface area contributed by atoms with E-state index in [4.69, 9.17) is 17.3 Å². The minimum absolute atomic E-state index is 0.146. The Morgan fingerprint density at radius 2 is 1.70 bits per heavy atom. The van der Waals surface area contributed by atoms with Gasteiger partial charge in [0.1, 0.15) is 16.7 Å². The maximum Gasteiger partial charge on any atom is 0.335 e. The minimum Gasteiger partial charge on any atom is -0.478 e. The molecule has 166 valence electrons. The molecule has 1 aliphatic rings. The molecule has 0 aliphatic carbocycles. The molecule has 0 spiro atoms. The molecule has 3 aromatic rings. The van der Waals surface area contributed by atoms with Gasteiger partial charge >= 0.3 is 5.97 Å². The van der Waals surface area contributed by atoms with E-state index in [1.54, 1.807) is 30.0 Å². The van der Waals surface area contributed by atoms with E-state index < -0.39 is 17.7 Å². The third kappa shape index (κ3) is 4.38. The minimum atomic E-state index is -1.03. The van der Waals surface area contributed by atoms with E-state index in [2.05, 4.69) is 10.5 Å². The molecule has 0 radical (unpaired) electrons. The summed E-state index contributed by atoms with van der Waals surface area (Å²) in [6, 6.07) is 17.9. The lowest BCUT2D eigenvalue weighted by Gasteiger charge is -2.18. The lowest BCUT2D eigenvalue weighted by atomic mass is 9.96. The van der Waals surface area contributed by atoms with E-state index in [1.807, 2.05) is 31.2 Å². The zero-order valence-electron chi connectivity index (χ0n) is 17.9. The van der Waals surface area contributed by atoms with Gasteiger partial charge in [-0.05, 0) is 61.9 Å². The molecule has 2 N–H and O–H groups in total. The molecule has 1 amide bonds. The number of amides is 1. The monoisotopic (exact) mass is 461 g/mol. The number of carboxylic acid groups (broad SMARTS) is 1. The number of anilines is 2. The molecule has 4 rings (SSSR count). The molecule has 0 fully saturated rings. The normalized spacial score (nSPS) is 15.4. The number of fused-ring (bicyclic) bond motifs is 1. The van der Waals surface area contributed by atoms with Crippen LogP contribution in [-0.4, -0.2) is 27.7 Å². The van der Waals surface area contributed by atoms with Gasteiger partial charge in [0.05, 0.1) is 17.0 Å². The molecule has 1 unspecified atom stereocenters. The van der Waals surface area contributed by atoms with Crippen molar-refractivity contribution in [2.75, 3.05) is 4.90 Å². The van der Waals surface area contributed by atoms with Crippen molar-refractivity contribution >= 4 is 46.2 Å². The number of halogens is 1.